The summed E-state index contributed by atoms with van der Waals surface area (Å²) in [5.41, 5.74) is 1.72. The van der Waals surface area contributed by atoms with Crippen LogP contribution in [0.5, 0.6) is 0 Å². The number of imidazole rings is 1. The number of rotatable bonds is 3. The molecule has 0 aliphatic carbocycles. The molecule has 2 aromatic heterocycles. The zero-order valence-electron chi connectivity index (χ0n) is 13.1. The van der Waals surface area contributed by atoms with Crippen molar-refractivity contribution in [2.24, 2.45) is 24.3 Å². The van der Waals surface area contributed by atoms with E-state index in [4.69, 9.17) is 0 Å². The van der Waals surface area contributed by atoms with Crippen LogP contribution in [0.3, 0.4) is 0 Å². The molecule has 2 heterocycles. The number of benzene rings is 1. The lowest BCUT2D eigenvalue weighted by atomic mass is 10.1. The van der Waals surface area contributed by atoms with Crippen LogP contribution >= 0.6 is 0 Å². The molecule has 0 aliphatic heterocycles. The van der Waals surface area contributed by atoms with Crippen molar-refractivity contribution in [3.05, 3.63) is 50.7 Å². The van der Waals surface area contributed by atoms with E-state index in [-0.39, 0.29) is 5.56 Å². The highest BCUT2D eigenvalue weighted by Gasteiger charge is 2.14. The second-order valence-corrected chi connectivity index (χ2v) is 5.19. The van der Waals surface area contributed by atoms with E-state index in [0.29, 0.717) is 23.5 Å². The number of H-pyrrole nitrogens is 1. The summed E-state index contributed by atoms with van der Waals surface area (Å²) in [6.45, 7) is 0.520. The molecule has 0 fully saturated rings. The normalized spacial score (nSPS) is 11.6. The number of aryl methyl sites for hydroxylation is 1. The van der Waals surface area contributed by atoms with E-state index in [0.717, 1.165) is 15.7 Å². The van der Waals surface area contributed by atoms with Crippen LogP contribution in [0.15, 0.2) is 44.1 Å². The molecule has 3 rings (SSSR count). The zero-order valence-corrected chi connectivity index (χ0v) is 13.1. The van der Waals surface area contributed by atoms with Gasteiger partial charge in [-0.2, -0.15) is 10.2 Å². The zero-order chi connectivity index (χ0) is 16.6. The van der Waals surface area contributed by atoms with Crippen molar-refractivity contribution in [2.75, 3.05) is 7.05 Å². The molecule has 118 valence electrons. The van der Waals surface area contributed by atoms with E-state index in [1.165, 1.54) is 11.6 Å². The Morgan fingerprint density at radius 3 is 2.48 bits per heavy atom. The Hall–Kier alpha value is -3.03. The quantitative estimate of drug-likeness (QED) is 0.736. The molecule has 0 spiro atoms. The molecular weight excluding hydrogens is 296 g/mol. The number of azo groups is 1. The SMILES string of the molecule is CN=NCc1ccc(-c2nc3c([nH]2)c(=O)n(C)c(=O)n3C)cc1. The molecule has 1 aromatic carbocycles. The van der Waals surface area contributed by atoms with Crippen molar-refractivity contribution in [3.8, 4) is 11.4 Å². The smallest absolute Gasteiger partial charge is 0.332 e. The number of aromatic nitrogens is 4. The van der Waals surface area contributed by atoms with Crippen LogP contribution in [0, 0.1) is 0 Å². The van der Waals surface area contributed by atoms with Crippen molar-refractivity contribution in [1.29, 1.82) is 0 Å². The minimum Gasteiger partial charge on any atom is -0.332 e. The van der Waals surface area contributed by atoms with Crippen LogP contribution in [0.1, 0.15) is 5.56 Å². The fourth-order valence-corrected chi connectivity index (χ4v) is 2.38. The van der Waals surface area contributed by atoms with E-state index in [1.807, 2.05) is 24.3 Å². The van der Waals surface area contributed by atoms with Crippen molar-refractivity contribution in [2.45, 2.75) is 6.54 Å². The third kappa shape index (κ3) is 2.48. The minimum atomic E-state index is -0.402. The molecule has 8 nitrogen and oxygen atoms in total. The largest absolute Gasteiger partial charge is 0.332 e. The maximum absolute atomic E-state index is 12.2. The number of aromatic amines is 1. The van der Waals surface area contributed by atoms with Crippen LogP contribution in [0.2, 0.25) is 0 Å². The Kier molecular flexibility index (Phi) is 3.65. The number of hydrogen-bond donors (Lipinski definition) is 1. The van der Waals surface area contributed by atoms with Gasteiger partial charge in [-0.05, 0) is 5.56 Å². The van der Waals surface area contributed by atoms with Gasteiger partial charge in [-0.15, -0.1) is 0 Å². The summed E-state index contributed by atoms with van der Waals surface area (Å²) >= 11 is 0. The highest BCUT2D eigenvalue weighted by atomic mass is 16.2. The fourth-order valence-electron chi connectivity index (χ4n) is 2.38. The third-order valence-electron chi connectivity index (χ3n) is 3.72. The third-order valence-corrected chi connectivity index (χ3v) is 3.72. The minimum absolute atomic E-state index is 0.313. The average Bonchev–Trinajstić information content (AvgIpc) is 3.02. The average molecular weight is 312 g/mol. The van der Waals surface area contributed by atoms with Gasteiger partial charge >= 0.3 is 5.69 Å². The number of nitrogens with zero attached hydrogens (tertiary/aromatic N) is 5. The molecule has 0 unspecified atom stereocenters. The van der Waals surface area contributed by atoms with E-state index >= 15 is 0 Å². The van der Waals surface area contributed by atoms with Gasteiger partial charge in [0.15, 0.2) is 5.65 Å². The van der Waals surface area contributed by atoms with Crippen LogP contribution < -0.4 is 11.2 Å². The first-order chi connectivity index (χ1) is 11.0. The lowest BCUT2D eigenvalue weighted by molar-refractivity contribution is 0.709. The molecule has 0 radical (unpaired) electrons. The van der Waals surface area contributed by atoms with Gasteiger partial charge in [0.05, 0.1) is 6.54 Å². The molecule has 0 atom stereocenters. The summed E-state index contributed by atoms with van der Waals surface area (Å²) in [6, 6.07) is 7.63. The van der Waals surface area contributed by atoms with Gasteiger partial charge in [-0.25, -0.2) is 9.78 Å². The topological polar surface area (TPSA) is 97.4 Å². The Bertz CT molecular complexity index is 1010. The summed E-state index contributed by atoms with van der Waals surface area (Å²) in [5, 5.41) is 7.65. The van der Waals surface area contributed by atoms with Crippen molar-refractivity contribution in [1.82, 2.24) is 19.1 Å². The highest BCUT2D eigenvalue weighted by Crippen LogP contribution is 2.19. The molecule has 3 aromatic rings. The molecule has 0 saturated carbocycles. The first kappa shape index (κ1) is 14.9. The Morgan fingerprint density at radius 1 is 1.13 bits per heavy atom. The summed E-state index contributed by atoms with van der Waals surface area (Å²) in [4.78, 5) is 31.5. The Labute approximate surface area is 131 Å². The summed E-state index contributed by atoms with van der Waals surface area (Å²) in [6.07, 6.45) is 0. The monoisotopic (exact) mass is 312 g/mol. The summed E-state index contributed by atoms with van der Waals surface area (Å²) in [5.74, 6) is 0.543. The lowest BCUT2D eigenvalue weighted by Gasteiger charge is -2.00. The first-order valence-corrected chi connectivity index (χ1v) is 7.03. The molecule has 0 amide bonds. The maximum atomic E-state index is 12.2. The molecule has 8 heteroatoms. The van der Waals surface area contributed by atoms with Gasteiger partial charge in [0.25, 0.3) is 5.56 Å². The van der Waals surface area contributed by atoms with E-state index in [9.17, 15) is 9.59 Å². The maximum Gasteiger partial charge on any atom is 0.332 e. The van der Waals surface area contributed by atoms with E-state index < -0.39 is 5.69 Å². The summed E-state index contributed by atoms with van der Waals surface area (Å²) < 4.78 is 2.41. The molecule has 1 N–H and O–H groups in total. The highest BCUT2D eigenvalue weighted by molar-refractivity contribution is 5.75. The Balaban J connectivity index is 2.11. The molecular formula is C15H16N6O2. The Morgan fingerprint density at radius 2 is 1.83 bits per heavy atom. The lowest BCUT2D eigenvalue weighted by Crippen LogP contribution is -2.36. The van der Waals surface area contributed by atoms with Gasteiger partial charge in [0.2, 0.25) is 0 Å². The molecule has 23 heavy (non-hydrogen) atoms. The molecule has 0 aliphatic rings. The summed E-state index contributed by atoms with van der Waals surface area (Å²) in [7, 11) is 4.67. The predicted molar refractivity (Wildman–Crippen MR) is 86.5 cm³/mol. The van der Waals surface area contributed by atoms with E-state index in [2.05, 4.69) is 20.2 Å². The van der Waals surface area contributed by atoms with Gasteiger partial charge in [0.1, 0.15) is 11.3 Å². The standard InChI is InChI=1S/C15H16N6O2/c1-16-17-8-9-4-6-10(7-5-9)12-18-11-13(19-12)20(2)15(23)21(3)14(11)22/h4-7H,8H2,1-3H3,(H,18,19). The molecule has 0 bridgehead atoms. The van der Waals surface area contributed by atoms with Gasteiger partial charge in [-0.1, -0.05) is 24.3 Å². The second kappa shape index (κ2) is 5.64. The molecule has 0 saturated heterocycles. The number of nitrogens with one attached hydrogen (secondary N) is 1. The van der Waals surface area contributed by atoms with Crippen molar-refractivity contribution >= 4 is 11.2 Å². The van der Waals surface area contributed by atoms with Gasteiger partial charge in [0, 0.05) is 26.7 Å². The van der Waals surface area contributed by atoms with Crippen LogP contribution in [0.4, 0.5) is 0 Å². The fraction of sp³-hybridized carbons (Fsp3) is 0.267. The van der Waals surface area contributed by atoms with Crippen molar-refractivity contribution < 1.29 is 0 Å². The number of hydrogen-bond acceptors (Lipinski definition) is 5. The first-order valence-electron chi connectivity index (χ1n) is 7.03. The van der Waals surface area contributed by atoms with Gasteiger partial charge < -0.3 is 4.98 Å². The van der Waals surface area contributed by atoms with Crippen molar-refractivity contribution in [3.63, 3.8) is 0 Å². The van der Waals surface area contributed by atoms with Gasteiger partial charge in [-0.3, -0.25) is 13.9 Å². The van der Waals surface area contributed by atoms with E-state index in [1.54, 1.807) is 14.1 Å². The second-order valence-electron chi connectivity index (χ2n) is 5.19. The van der Waals surface area contributed by atoms with Crippen LogP contribution in [-0.4, -0.2) is 26.1 Å². The number of fused-ring (bicyclic) bond motifs is 1. The van der Waals surface area contributed by atoms with Crippen LogP contribution in [-0.2, 0) is 20.6 Å². The predicted octanol–water partition coefficient (Wildman–Crippen LogP) is 1.21. The van der Waals surface area contributed by atoms with Crippen LogP contribution in [0.25, 0.3) is 22.6 Å².